The molecule has 2 aromatic heterocycles. The third-order valence-electron chi connectivity index (χ3n) is 5.88. The van der Waals surface area contributed by atoms with Crippen LogP contribution in [0.15, 0.2) is 41.4 Å². The van der Waals surface area contributed by atoms with Crippen molar-refractivity contribution in [3.8, 4) is 5.82 Å². The van der Waals surface area contributed by atoms with Gasteiger partial charge in [0.2, 0.25) is 10.0 Å². The van der Waals surface area contributed by atoms with E-state index in [2.05, 4.69) is 15.0 Å². The van der Waals surface area contributed by atoms with E-state index in [0.29, 0.717) is 31.1 Å². The van der Waals surface area contributed by atoms with Crippen LogP contribution in [0.25, 0.3) is 5.82 Å². The molecule has 0 saturated carbocycles. The van der Waals surface area contributed by atoms with E-state index >= 15 is 0 Å². The highest BCUT2D eigenvalue weighted by atomic mass is 32.2. The van der Waals surface area contributed by atoms with E-state index in [-0.39, 0.29) is 0 Å². The summed E-state index contributed by atoms with van der Waals surface area (Å²) >= 11 is 0. The Kier molecular flexibility index (Phi) is 5.61. The Hall–Kier alpha value is -2.71. The first kappa shape index (κ1) is 21.5. The molecule has 7 nitrogen and oxygen atoms in total. The number of hydrogen-bond donors (Lipinski definition) is 0. The molecule has 31 heavy (non-hydrogen) atoms. The standard InChI is InChI=1S/C23H29N5O2S/c1-16-14-17(2)23(18(3)15-16)31(29,30)27-12-10-26(11-13-27)22-19(4)25-28(20(22)5)21-8-6-7-9-24-21/h6-9,14-15H,10-13H2,1-5H3. The predicted molar refractivity (Wildman–Crippen MR) is 122 cm³/mol. The van der Waals surface area contributed by atoms with Gasteiger partial charge in [-0.25, -0.2) is 18.1 Å². The van der Waals surface area contributed by atoms with Gasteiger partial charge in [-0.1, -0.05) is 23.8 Å². The highest BCUT2D eigenvalue weighted by Crippen LogP contribution is 2.30. The molecular formula is C23H29N5O2S. The second-order valence-corrected chi connectivity index (χ2v) is 10.1. The minimum Gasteiger partial charge on any atom is -0.366 e. The van der Waals surface area contributed by atoms with Crippen molar-refractivity contribution < 1.29 is 8.42 Å². The average Bonchev–Trinajstić information content (AvgIpc) is 3.02. The van der Waals surface area contributed by atoms with Gasteiger partial charge in [0.15, 0.2) is 5.82 Å². The first-order chi connectivity index (χ1) is 14.7. The first-order valence-corrected chi connectivity index (χ1v) is 11.9. The molecule has 0 aliphatic carbocycles. The molecule has 1 aliphatic heterocycles. The zero-order valence-corrected chi connectivity index (χ0v) is 19.6. The van der Waals surface area contributed by atoms with Gasteiger partial charge in [-0.2, -0.15) is 9.40 Å². The Morgan fingerprint density at radius 3 is 2.13 bits per heavy atom. The minimum absolute atomic E-state index is 0.446. The van der Waals surface area contributed by atoms with E-state index in [4.69, 9.17) is 0 Å². The number of piperazine rings is 1. The summed E-state index contributed by atoms with van der Waals surface area (Å²) in [6, 6.07) is 9.63. The monoisotopic (exact) mass is 439 g/mol. The summed E-state index contributed by atoms with van der Waals surface area (Å²) in [5.74, 6) is 0.779. The Morgan fingerprint density at radius 2 is 1.55 bits per heavy atom. The first-order valence-electron chi connectivity index (χ1n) is 10.5. The second kappa shape index (κ2) is 8.09. The molecular weight excluding hydrogens is 410 g/mol. The number of anilines is 1. The summed E-state index contributed by atoms with van der Waals surface area (Å²) in [5, 5.41) is 4.68. The van der Waals surface area contributed by atoms with Crippen LogP contribution in [-0.4, -0.2) is 53.7 Å². The molecule has 0 N–H and O–H groups in total. The molecule has 1 saturated heterocycles. The van der Waals surface area contributed by atoms with Crippen LogP contribution in [0.2, 0.25) is 0 Å². The van der Waals surface area contributed by atoms with Crippen LogP contribution >= 0.6 is 0 Å². The van der Waals surface area contributed by atoms with E-state index in [1.54, 1.807) is 10.5 Å². The molecule has 164 valence electrons. The van der Waals surface area contributed by atoms with Gasteiger partial charge < -0.3 is 4.90 Å². The average molecular weight is 440 g/mol. The van der Waals surface area contributed by atoms with Crippen LogP contribution in [0.3, 0.4) is 0 Å². The fourth-order valence-corrected chi connectivity index (χ4v) is 6.48. The van der Waals surface area contributed by atoms with Crippen molar-refractivity contribution in [3.63, 3.8) is 0 Å². The lowest BCUT2D eigenvalue weighted by Crippen LogP contribution is -2.49. The van der Waals surface area contributed by atoms with E-state index in [1.807, 2.05) is 69.6 Å². The third kappa shape index (κ3) is 3.85. The van der Waals surface area contributed by atoms with Gasteiger partial charge in [0.1, 0.15) is 0 Å². The van der Waals surface area contributed by atoms with Gasteiger partial charge in [-0.15, -0.1) is 0 Å². The van der Waals surface area contributed by atoms with Crippen LogP contribution in [0.1, 0.15) is 28.1 Å². The van der Waals surface area contributed by atoms with Gasteiger partial charge in [0, 0.05) is 32.4 Å². The maximum atomic E-state index is 13.4. The van der Waals surface area contributed by atoms with E-state index in [1.165, 1.54) is 0 Å². The normalized spacial score (nSPS) is 15.5. The quantitative estimate of drug-likeness (QED) is 0.624. The summed E-state index contributed by atoms with van der Waals surface area (Å²) in [5.41, 5.74) is 5.69. The number of aryl methyl sites for hydroxylation is 4. The number of sulfonamides is 1. The Bertz CT molecular complexity index is 1190. The predicted octanol–water partition coefficient (Wildman–Crippen LogP) is 3.32. The molecule has 3 aromatic rings. The van der Waals surface area contributed by atoms with Crippen molar-refractivity contribution in [3.05, 3.63) is 64.6 Å². The Balaban J connectivity index is 1.57. The van der Waals surface area contributed by atoms with Crippen LogP contribution in [0.5, 0.6) is 0 Å². The molecule has 0 bridgehead atoms. The smallest absolute Gasteiger partial charge is 0.243 e. The zero-order chi connectivity index (χ0) is 22.3. The van der Waals surface area contributed by atoms with Crippen molar-refractivity contribution in [1.29, 1.82) is 0 Å². The summed E-state index contributed by atoms with van der Waals surface area (Å²) in [7, 11) is -3.53. The molecule has 0 spiro atoms. The SMILES string of the molecule is Cc1cc(C)c(S(=O)(=O)N2CCN(c3c(C)nn(-c4ccccn4)c3C)CC2)c(C)c1. The lowest BCUT2D eigenvalue weighted by atomic mass is 10.1. The molecule has 1 aliphatic rings. The number of rotatable bonds is 4. The molecule has 1 aromatic carbocycles. The van der Waals surface area contributed by atoms with Gasteiger partial charge in [-0.3, -0.25) is 0 Å². The van der Waals surface area contributed by atoms with Gasteiger partial charge in [0.25, 0.3) is 0 Å². The van der Waals surface area contributed by atoms with Crippen molar-refractivity contribution in [1.82, 2.24) is 19.1 Å². The maximum absolute atomic E-state index is 13.4. The van der Waals surface area contributed by atoms with Gasteiger partial charge in [-0.05, 0) is 57.9 Å². The molecule has 1 fully saturated rings. The molecule has 3 heterocycles. The van der Waals surface area contributed by atoms with E-state index in [9.17, 15) is 8.42 Å². The third-order valence-corrected chi connectivity index (χ3v) is 8.08. The molecule has 0 amide bonds. The van der Waals surface area contributed by atoms with Crippen molar-refractivity contribution in [2.75, 3.05) is 31.1 Å². The lowest BCUT2D eigenvalue weighted by molar-refractivity contribution is 0.384. The van der Waals surface area contributed by atoms with Crippen LogP contribution in [0.4, 0.5) is 5.69 Å². The number of pyridine rings is 1. The molecule has 0 unspecified atom stereocenters. The second-order valence-electron chi connectivity index (χ2n) is 8.24. The number of hydrogen-bond acceptors (Lipinski definition) is 5. The molecule has 0 radical (unpaired) electrons. The summed E-state index contributed by atoms with van der Waals surface area (Å²) in [6.07, 6.45) is 1.75. The minimum atomic E-state index is -3.53. The van der Waals surface area contributed by atoms with E-state index in [0.717, 1.165) is 39.6 Å². The number of aromatic nitrogens is 3. The highest BCUT2D eigenvalue weighted by Gasteiger charge is 2.32. The van der Waals surface area contributed by atoms with E-state index < -0.39 is 10.0 Å². The van der Waals surface area contributed by atoms with Crippen LogP contribution in [0, 0.1) is 34.6 Å². The fraction of sp³-hybridized carbons (Fsp3) is 0.391. The van der Waals surface area contributed by atoms with Crippen LogP contribution in [-0.2, 0) is 10.0 Å². The van der Waals surface area contributed by atoms with Crippen molar-refractivity contribution in [2.24, 2.45) is 0 Å². The lowest BCUT2D eigenvalue weighted by Gasteiger charge is -2.36. The highest BCUT2D eigenvalue weighted by molar-refractivity contribution is 7.89. The largest absolute Gasteiger partial charge is 0.366 e. The molecule has 0 atom stereocenters. The zero-order valence-electron chi connectivity index (χ0n) is 18.8. The number of benzene rings is 1. The summed E-state index contributed by atoms with van der Waals surface area (Å²) < 4.78 is 30.2. The van der Waals surface area contributed by atoms with Gasteiger partial charge in [0.05, 0.1) is 22.0 Å². The summed E-state index contributed by atoms with van der Waals surface area (Å²) in [4.78, 5) is 7.08. The topological polar surface area (TPSA) is 71.3 Å². The molecule has 8 heteroatoms. The summed E-state index contributed by atoms with van der Waals surface area (Å²) in [6.45, 7) is 11.9. The maximum Gasteiger partial charge on any atom is 0.243 e. The van der Waals surface area contributed by atoms with Crippen molar-refractivity contribution >= 4 is 15.7 Å². The number of nitrogens with zero attached hydrogens (tertiary/aromatic N) is 5. The molecule has 4 rings (SSSR count). The van der Waals surface area contributed by atoms with Gasteiger partial charge >= 0.3 is 0 Å². The van der Waals surface area contributed by atoms with Crippen LogP contribution < -0.4 is 4.90 Å². The Labute approximate surface area is 184 Å². The van der Waals surface area contributed by atoms with Crippen molar-refractivity contribution in [2.45, 2.75) is 39.5 Å². The fourth-order valence-electron chi connectivity index (χ4n) is 4.65. The Morgan fingerprint density at radius 1 is 0.903 bits per heavy atom.